The lowest BCUT2D eigenvalue weighted by Gasteiger charge is -2.39. The second kappa shape index (κ2) is 8.17. The fourth-order valence-electron chi connectivity index (χ4n) is 4.92. The van der Waals surface area contributed by atoms with Gasteiger partial charge in [-0.15, -0.1) is 0 Å². The monoisotopic (exact) mass is 396 g/mol. The van der Waals surface area contributed by atoms with Crippen LogP contribution in [0.25, 0.3) is 0 Å². The summed E-state index contributed by atoms with van der Waals surface area (Å²) in [6.45, 7) is 27.6. The maximum atomic E-state index is 5.91. The molecule has 0 N–H and O–H groups in total. The number of likely N-dealkylation sites (tertiary alicyclic amines) is 2. The Balaban J connectivity index is 1.89. The van der Waals surface area contributed by atoms with Crippen LogP contribution >= 0.6 is 0 Å². The molecule has 0 aromatic heterocycles. The quantitative estimate of drug-likeness (QED) is 0.522. The SMILES string of the molecule is COC(C)(C)CCC(C)(C)N1C[C@]2(C)CN(CCCOC(C)(C)C)C[C@]2(C)C1. The first-order valence-corrected chi connectivity index (χ1v) is 11.3. The average molecular weight is 397 g/mol. The van der Waals surface area contributed by atoms with E-state index >= 15 is 0 Å². The Hall–Kier alpha value is -0.160. The smallest absolute Gasteiger partial charge is 0.0623 e. The average Bonchev–Trinajstić information content (AvgIpc) is 2.94. The molecule has 4 nitrogen and oxygen atoms in total. The fourth-order valence-corrected chi connectivity index (χ4v) is 4.92. The van der Waals surface area contributed by atoms with Gasteiger partial charge in [-0.2, -0.15) is 0 Å². The van der Waals surface area contributed by atoms with E-state index in [1.165, 1.54) is 32.6 Å². The summed E-state index contributed by atoms with van der Waals surface area (Å²) in [5, 5.41) is 0. The zero-order valence-corrected chi connectivity index (χ0v) is 20.6. The minimum Gasteiger partial charge on any atom is -0.379 e. The van der Waals surface area contributed by atoms with Crippen molar-refractivity contribution >= 4 is 0 Å². The molecule has 0 aliphatic carbocycles. The molecule has 0 unspecified atom stereocenters. The van der Waals surface area contributed by atoms with E-state index in [4.69, 9.17) is 9.47 Å². The van der Waals surface area contributed by atoms with Gasteiger partial charge in [-0.05, 0) is 67.7 Å². The molecule has 0 spiro atoms. The lowest BCUT2D eigenvalue weighted by atomic mass is 9.71. The molecule has 0 aromatic rings. The molecule has 2 aliphatic rings. The number of rotatable bonds is 9. The molecule has 28 heavy (non-hydrogen) atoms. The number of nitrogens with zero attached hydrogens (tertiary/aromatic N) is 2. The number of hydrogen-bond donors (Lipinski definition) is 0. The van der Waals surface area contributed by atoms with E-state index in [0.29, 0.717) is 10.8 Å². The van der Waals surface area contributed by atoms with Gasteiger partial charge < -0.3 is 14.4 Å². The van der Waals surface area contributed by atoms with E-state index in [9.17, 15) is 0 Å². The lowest BCUT2D eigenvalue weighted by Crippen LogP contribution is -2.46. The first-order valence-electron chi connectivity index (χ1n) is 11.3. The summed E-state index contributed by atoms with van der Waals surface area (Å²) in [6, 6.07) is 0. The van der Waals surface area contributed by atoms with Crippen molar-refractivity contribution in [2.24, 2.45) is 10.8 Å². The van der Waals surface area contributed by atoms with Gasteiger partial charge in [0.15, 0.2) is 0 Å². The summed E-state index contributed by atoms with van der Waals surface area (Å²) in [6.07, 6.45) is 3.40. The molecule has 2 atom stereocenters. The van der Waals surface area contributed by atoms with Gasteiger partial charge in [0.1, 0.15) is 0 Å². The molecule has 2 aliphatic heterocycles. The number of fused-ring (bicyclic) bond motifs is 1. The minimum atomic E-state index is -0.0351. The molecule has 4 heteroatoms. The summed E-state index contributed by atoms with van der Waals surface area (Å²) < 4.78 is 11.6. The Bertz CT molecular complexity index is 505. The van der Waals surface area contributed by atoms with Crippen molar-refractivity contribution in [2.75, 3.05) is 46.4 Å². The van der Waals surface area contributed by atoms with Crippen molar-refractivity contribution in [3.05, 3.63) is 0 Å². The lowest BCUT2D eigenvalue weighted by molar-refractivity contribution is -0.00779. The van der Waals surface area contributed by atoms with E-state index in [-0.39, 0.29) is 16.7 Å². The second-order valence-corrected chi connectivity index (χ2v) is 12.3. The third-order valence-electron chi connectivity index (χ3n) is 7.58. The zero-order valence-electron chi connectivity index (χ0n) is 20.6. The topological polar surface area (TPSA) is 24.9 Å². The van der Waals surface area contributed by atoms with Crippen LogP contribution in [0.4, 0.5) is 0 Å². The van der Waals surface area contributed by atoms with Gasteiger partial charge >= 0.3 is 0 Å². The van der Waals surface area contributed by atoms with Crippen LogP contribution in [0.2, 0.25) is 0 Å². The van der Waals surface area contributed by atoms with Crippen LogP contribution in [0.3, 0.4) is 0 Å². The molecule has 0 radical (unpaired) electrons. The third kappa shape index (κ3) is 5.71. The van der Waals surface area contributed by atoms with Crippen molar-refractivity contribution in [3.8, 4) is 0 Å². The predicted octanol–water partition coefficient (Wildman–Crippen LogP) is 4.82. The van der Waals surface area contributed by atoms with Crippen molar-refractivity contribution in [3.63, 3.8) is 0 Å². The number of methoxy groups -OCH3 is 1. The summed E-state index contributed by atoms with van der Waals surface area (Å²) >= 11 is 0. The van der Waals surface area contributed by atoms with E-state index in [2.05, 4.69) is 72.1 Å². The van der Waals surface area contributed by atoms with Crippen molar-refractivity contribution in [1.82, 2.24) is 9.80 Å². The molecule has 166 valence electrons. The summed E-state index contributed by atoms with van der Waals surface area (Å²) in [5.74, 6) is 0. The summed E-state index contributed by atoms with van der Waals surface area (Å²) in [5.41, 5.74) is 0.922. The minimum absolute atomic E-state index is 0.0249. The van der Waals surface area contributed by atoms with Crippen LogP contribution in [0, 0.1) is 10.8 Å². The molecule has 2 fully saturated rings. The highest BCUT2D eigenvalue weighted by atomic mass is 16.5. The van der Waals surface area contributed by atoms with E-state index in [0.717, 1.165) is 26.0 Å². The van der Waals surface area contributed by atoms with Gasteiger partial charge in [-0.3, -0.25) is 4.90 Å². The summed E-state index contributed by atoms with van der Waals surface area (Å²) in [7, 11) is 1.83. The Morgan fingerprint density at radius 3 is 1.82 bits per heavy atom. The van der Waals surface area contributed by atoms with E-state index in [1.807, 2.05) is 7.11 Å². The van der Waals surface area contributed by atoms with Gasteiger partial charge in [-0.1, -0.05) is 13.8 Å². The first-order chi connectivity index (χ1) is 12.6. The molecular formula is C24H48N2O2. The van der Waals surface area contributed by atoms with Gasteiger partial charge in [0.25, 0.3) is 0 Å². The van der Waals surface area contributed by atoms with E-state index < -0.39 is 0 Å². The summed E-state index contributed by atoms with van der Waals surface area (Å²) in [4.78, 5) is 5.45. The molecule has 0 amide bonds. The van der Waals surface area contributed by atoms with Gasteiger partial charge in [-0.25, -0.2) is 0 Å². The molecule has 0 saturated carbocycles. The highest BCUT2D eigenvalue weighted by molar-refractivity contribution is 5.11. The molecule has 2 saturated heterocycles. The van der Waals surface area contributed by atoms with Crippen molar-refractivity contribution < 1.29 is 9.47 Å². The van der Waals surface area contributed by atoms with Crippen LogP contribution in [0.15, 0.2) is 0 Å². The predicted molar refractivity (Wildman–Crippen MR) is 119 cm³/mol. The molecule has 2 heterocycles. The standard InChI is InChI=1S/C24H48N2O2/c1-20(2,3)28-15-11-14-25-16-23(8)18-26(19-24(23,9)17-25)21(4,5)12-13-22(6,7)27-10/h11-19H2,1-10H3/t23-,24+. The molecule has 0 aromatic carbocycles. The van der Waals surface area contributed by atoms with Gasteiger partial charge in [0.05, 0.1) is 11.2 Å². The normalized spacial score (nSPS) is 30.2. The van der Waals surface area contributed by atoms with Crippen molar-refractivity contribution in [2.45, 2.75) is 98.3 Å². The highest BCUT2D eigenvalue weighted by Gasteiger charge is 2.58. The Kier molecular flexibility index (Phi) is 7.03. The van der Waals surface area contributed by atoms with Crippen molar-refractivity contribution in [1.29, 1.82) is 0 Å². The Labute approximate surface area is 175 Å². The number of hydrogen-bond acceptors (Lipinski definition) is 4. The number of ether oxygens (including phenoxy) is 2. The van der Waals surface area contributed by atoms with Gasteiger partial charge in [0, 0.05) is 62.8 Å². The van der Waals surface area contributed by atoms with Crippen LogP contribution in [0.5, 0.6) is 0 Å². The van der Waals surface area contributed by atoms with Crippen LogP contribution < -0.4 is 0 Å². The Morgan fingerprint density at radius 2 is 1.36 bits per heavy atom. The zero-order chi connectivity index (χ0) is 21.4. The fraction of sp³-hybridized carbons (Fsp3) is 1.00. The third-order valence-corrected chi connectivity index (χ3v) is 7.58. The highest BCUT2D eigenvalue weighted by Crippen LogP contribution is 2.53. The maximum Gasteiger partial charge on any atom is 0.0623 e. The molecule has 0 bridgehead atoms. The Morgan fingerprint density at radius 1 is 0.821 bits per heavy atom. The van der Waals surface area contributed by atoms with Crippen LogP contribution in [-0.2, 0) is 9.47 Å². The van der Waals surface area contributed by atoms with E-state index in [1.54, 1.807) is 0 Å². The van der Waals surface area contributed by atoms with Crippen LogP contribution in [0.1, 0.15) is 81.6 Å². The maximum absolute atomic E-state index is 5.91. The second-order valence-electron chi connectivity index (χ2n) is 12.3. The van der Waals surface area contributed by atoms with Gasteiger partial charge in [0.2, 0.25) is 0 Å². The first kappa shape index (κ1) is 24.1. The molecular weight excluding hydrogens is 348 g/mol. The largest absolute Gasteiger partial charge is 0.379 e. The van der Waals surface area contributed by atoms with Crippen LogP contribution in [-0.4, -0.2) is 73.0 Å². The molecule has 2 rings (SSSR count).